The SMILES string of the molecule is CC(C)NC(=O)c1cccc(C(C)(C)C)c1. The highest BCUT2D eigenvalue weighted by molar-refractivity contribution is 5.94. The van der Waals surface area contributed by atoms with Crippen molar-refractivity contribution in [3.63, 3.8) is 0 Å². The van der Waals surface area contributed by atoms with E-state index in [1.165, 1.54) is 5.56 Å². The van der Waals surface area contributed by atoms with Gasteiger partial charge in [-0.3, -0.25) is 4.79 Å². The average molecular weight is 219 g/mol. The minimum Gasteiger partial charge on any atom is -0.350 e. The molecular formula is C14H21NO. The molecule has 1 amide bonds. The molecule has 0 aliphatic heterocycles. The van der Waals surface area contributed by atoms with Gasteiger partial charge < -0.3 is 5.32 Å². The molecule has 2 nitrogen and oxygen atoms in total. The zero-order chi connectivity index (χ0) is 12.3. The summed E-state index contributed by atoms with van der Waals surface area (Å²) in [5, 5.41) is 2.90. The third kappa shape index (κ3) is 3.37. The number of hydrogen-bond acceptors (Lipinski definition) is 1. The van der Waals surface area contributed by atoms with Crippen LogP contribution >= 0.6 is 0 Å². The molecule has 0 aliphatic rings. The van der Waals surface area contributed by atoms with E-state index >= 15 is 0 Å². The molecule has 1 aromatic rings. The third-order valence-corrected chi connectivity index (χ3v) is 2.41. The maximum Gasteiger partial charge on any atom is 0.251 e. The fourth-order valence-electron chi connectivity index (χ4n) is 1.47. The summed E-state index contributed by atoms with van der Waals surface area (Å²) in [6, 6.07) is 8.00. The molecule has 0 bridgehead atoms. The Kier molecular flexibility index (Phi) is 3.74. The second-order valence-corrected chi connectivity index (χ2v) is 5.46. The molecule has 0 aliphatic carbocycles. The molecule has 1 aromatic carbocycles. The zero-order valence-corrected chi connectivity index (χ0v) is 10.8. The van der Waals surface area contributed by atoms with Crippen LogP contribution < -0.4 is 5.32 Å². The summed E-state index contributed by atoms with van der Waals surface area (Å²) in [6.45, 7) is 10.4. The summed E-state index contributed by atoms with van der Waals surface area (Å²) >= 11 is 0. The number of hydrogen-bond donors (Lipinski definition) is 1. The van der Waals surface area contributed by atoms with E-state index < -0.39 is 0 Å². The quantitative estimate of drug-likeness (QED) is 0.813. The van der Waals surface area contributed by atoms with Crippen molar-refractivity contribution in [3.05, 3.63) is 35.4 Å². The van der Waals surface area contributed by atoms with Crippen LogP contribution in [-0.4, -0.2) is 11.9 Å². The van der Waals surface area contributed by atoms with Crippen LogP contribution in [0.3, 0.4) is 0 Å². The lowest BCUT2D eigenvalue weighted by atomic mass is 9.86. The topological polar surface area (TPSA) is 29.1 Å². The minimum absolute atomic E-state index is 0.00102. The molecule has 2 heteroatoms. The van der Waals surface area contributed by atoms with Crippen LogP contribution in [0.2, 0.25) is 0 Å². The van der Waals surface area contributed by atoms with Crippen LogP contribution in [-0.2, 0) is 5.41 Å². The molecule has 0 radical (unpaired) electrons. The Hall–Kier alpha value is -1.31. The lowest BCUT2D eigenvalue weighted by Crippen LogP contribution is -2.30. The Morgan fingerprint density at radius 3 is 2.38 bits per heavy atom. The molecule has 16 heavy (non-hydrogen) atoms. The van der Waals surface area contributed by atoms with Crippen LogP contribution in [0.4, 0.5) is 0 Å². The molecule has 0 unspecified atom stereocenters. The fraction of sp³-hybridized carbons (Fsp3) is 0.500. The maximum atomic E-state index is 11.8. The molecule has 0 saturated heterocycles. The van der Waals surface area contributed by atoms with E-state index in [9.17, 15) is 4.79 Å². The van der Waals surface area contributed by atoms with Crippen molar-refractivity contribution in [1.82, 2.24) is 5.32 Å². The first kappa shape index (κ1) is 12.8. The van der Waals surface area contributed by atoms with Gasteiger partial charge >= 0.3 is 0 Å². The Morgan fingerprint density at radius 2 is 1.88 bits per heavy atom. The summed E-state index contributed by atoms with van der Waals surface area (Å²) in [6.07, 6.45) is 0. The van der Waals surface area contributed by atoms with Gasteiger partial charge in [-0.25, -0.2) is 0 Å². The summed E-state index contributed by atoms with van der Waals surface area (Å²) in [4.78, 5) is 11.8. The van der Waals surface area contributed by atoms with Gasteiger partial charge in [-0.05, 0) is 37.0 Å². The molecule has 1 rings (SSSR count). The van der Waals surface area contributed by atoms with Gasteiger partial charge in [0.2, 0.25) is 0 Å². The number of carbonyl (C=O) groups excluding carboxylic acids is 1. The van der Waals surface area contributed by atoms with Gasteiger partial charge in [0, 0.05) is 11.6 Å². The van der Waals surface area contributed by atoms with Gasteiger partial charge in [-0.1, -0.05) is 32.9 Å². The monoisotopic (exact) mass is 219 g/mol. The number of benzene rings is 1. The standard InChI is InChI=1S/C14H21NO/c1-10(2)15-13(16)11-7-6-8-12(9-11)14(3,4)5/h6-10H,1-5H3,(H,15,16). The Labute approximate surface area is 98.1 Å². The minimum atomic E-state index is 0.00102. The second-order valence-electron chi connectivity index (χ2n) is 5.46. The van der Waals surface area contributed by atoms with E-state index in [-0.39, 0.29) is 17.4 Å². The van der Waals surface area contributed by atoms with Crippen LogP contribution in [0.15, 0.2) is 24.3 Å². The lowest BCUT2D eigenvalue weighted by molar-refractivity contribution is 0.0943. The first-order valence-electron chi connectivity index (χ1n) is 5.72. The van der Waals surface area contributed by atoms with Crippen molar-refractivity contribution in [2.24, 2.45) is 0 Å². The lowest BCUT2D eigenvalue weighted by Gasteiger charge is -2.19. The molecule has 0 spiro atoms. The van der Waals surface area contributed by atoms with E-state index in [1.807, 2.05) is 32.0 Å². The molecule has 1 N–H and O–H groups in total. The van der Waals surface area contributed by atoms with Gasteiger partial charge in [0.25, 0.3) is 5.91 Å². The van der Waals surface area contributed by atoms with E-state index in [2.05, 4.69) is 32.2 Å². The van der Waals surface area contributed by atoms with Crippen molar-refractivity contribution in [3.8, 4) is 0 Å². The molecule has 0 atom stereocenters. The smallest absolute Gasteiger partial charge is 0.251 e. The highest BCUT2D eigenvalue weighted by atomic mass is 16.1. The normalized spacial score (nSPS) is 11.6. The van der Waals surface area contributed by atoms with E-state index in [0.29, 0.717) is 0 Å². The number of carbonyl (C=O) groups is 1. The average Bonchev–Trinajstić information content (AvgIpc) is 2.15. The van der Waals surface area contributed by atoms with Crippen LogP contribution in [0.25, 0.3) is 0 Å². The largest absolute Gasteiger partial charge is 0.350 e. The van der Waals surface area contributed by atoms with Crippen molar-refractivity contribution in [1.29, 1.82) is 0 Å². The predicted octanol–water partition coefficient (Wildman–Crippen LogP) is 3.12. The molecule has 0 fully saturated rings. The number of nitrogens with one attached hydrogen (secondary N) is 1. The van der Waals surface area contributed by atoms with Crippen molar-refractivity contribution in [2.75, 3.05) is 0 Å². The predicted molar refractivity (Wildman–Crippen MR) is 67.7 cm³/mol. The van der Waals surface area contributed by atoms with Gasteiger partial charge in [-0.15, -0.1) is 0 Å². The van der Waals surface area contributed by atoms with Gasteiger partial charge in [0.1, 0.15) is 0 Å². The summed E-state index contributed by atoms with van der Waals surface area (Å²) in [5.41, 5.74) is 2.00. The maximum absolute atomic E-state index is 11.8. The van der Waals surface area contributed by atoms with Crippen molar-refractivity contribution < 1.29 is 4.79 Å². The van der Waals surface area contributed by atoms with Crippen LogP contribution in [0.5, 0.6) is 0 Å². The van der Waals surface area contributed by atoms with E-state index in [0.717, 1.165) is 5.56 Å². The fourth-order valence-corrected chi connectivity index (χ4v) is 1.47. The Bertz CT molecular complexity index is 375. The molecule has 88 valence electrons. The van der Waals surface area contributed by atoms with Crippen LogP contribution in [0.1, 0.15) is 50.5 Å². The summed E-state index contributed by atoms with van der Waals surface area (Å²) in [5.74, 6) is 0.00102. The van der Waals surface area contributed by atoms with Gasteiger partial charge in [-0.2, -0.15) is 0 Å². The molecule has 0 aromatic heterocycles. The van der Waals surface area contributed by atoms with E-state index in [4.69, 9.17) is 0 Å². The van der Waals surface area contributed by atoms with Crippen molar-refractivity contribution in [2.45, 2.75) is 46.1 Å². The first-order chi connectivity index (χ1) is 7.30. The van der Waals surface area contributed by atoms with Gasteiger partial charge in [0.15, 0.2) is 0 Å². The highest BCUT2D eigenvalue weighted by Crippen LogP contribution is 2.22. The Balaban J connectivity index is 2.95. The molecule has 0 heterocycles. The second kappa shape index (κ2) is 4.69. The molecule has 0 saturated carbocycles. The van der Waals surface area contributed by atoms with Crippen LogP contribution in [0, 0.1) is 0 Å². The summed E-state index contributed by atoms with van der Waals surface area (Å²) < 4.78 is 0. The first-order valence-corrected chi connectivity index (χ1v) is 5.72. The number of rotatable bonds is 2. The Morgan fingerprint density at radius 1 is 1.25 bits per heavy atom. The molecular weight excluding hydrogens is 198 g/mol. The zero-order valence-electron chi connectivity index (χ0n) is 10.8. The number of amides is 1. The highest BCUT2D eigenvalue weighted by Gasteiger charge is 2.15. The van der Waals surface area contributed by atoms with Crippen molar-refractivity contribution >= 4 is 5.91 Å². The van der Waals surface area contributed by atoms with E-state index in [1.54, 1.807) is 0 Å². The third-order valence-electron chi connectivity index (χ3n) is 2.41. The summed E-state index contributed by atoms with van der Waals surface area (Å²) in [7, 11) is 0. The van der Waals surface area contributed by atoms with Gasteiger partial charge in [0.05, 0.1) is 0 Å².